The molecule has 0 fully saturated rings. The number of aryl methyl sites for hydroxylation is 1. The second-order valence-electron chi connectivity index (χ2n) is 9.58. The Morgan fingerprint density at radius 2 is 1.74 bits per heavy atom. The fourth-order valence-corrected chi connectivity index (χ4v) is 5.50. The minimum absolute atomic E-state index is 0.114. The van der Waals surface area contributed by atoms with Gasteiger partial charge >= 0.3 is 0 Å². The van der Waals surface area contributed by atoms with Crippen molar-refractivity contribution < 1.29 is 22.7 Å². The predicted octanol–water partition coefficient (Wildman–Crippen LogP) is 5.54. The molecule has 42 heavy (non-hydrogen) atoms. The van der Waals surface area contributed by atoms with Gasteiger partial charge in [-0.3, -0.25) is 14.9 Å². The molecule has 0 spiro atoms. The van der Waals surface area contributed by atoms with Crippen molar-refractivity contribution in [2.45, 2.75) is 38.0 Å². The first-order chi connectivity index (χ1) is 20.0. The first kappa shape index (κ1) is 30.2. The molecule has 0 aliphatic carbocycles. The second-order valence-corrected chi connectivity index (χ2v) is 11.3. The number of benzene rings is 3. The highest BCUT2D eigenvalue weighted by Gasteiger charge is 2.22. The minimum Gasteiger partial charge on any atom is -0.505 e. The molecule has 218 valence electrons. The molecule has 0 aliphatic heterocycles. The Bertz CT molecular complexity index is 1730. The summed E-state index contributed by atoms with van der Waals surface area (Å²) in [6.07, 6.45) is 1.11. The van der Waals surface area contributed by atoms with Gasteiger partial charge in [-0.05, 0) is 66.4 Å². The van der Waals surface area contributed by atoms with Gasteiger partial charge in [-0.25, -0.2) is 17.8 Å². The summed E-state index contributed by atoms with van der Waals surface area (Å²) >= 11 is 0. The van der Waals surface area contributed by atoms with Crippen LogP contribution in [0.15, 0.2) is 77.7 Å². The molecule has 4 aromatic rings. The van der Waals surface area contributed by atoms with E-state index < -0.39 is 27.4 Å². The number of carbonyl (C=O) groups is 1. The molecule has 0 radical (unpaired) electrons. The van der Waals surface area contributed by atoms with Crippen molar-refractivity contribution in [3.05, 3.63) is 95.3 Å². The van der Waals surface area contributed by atoms with Gasteiger partial charge in [0.15, 0.2) is 17.3 Å². The van der Waals surface area contributed by atoms with Crippen LogP contribution in [0.1, 0.15) is 37.0 Å². The quantitative estimate of drug-likeness (QED) is 0.136. The number of nitrogens with zero attached hydrogens (tertiary/aromatic N) is 1. The van der Waals surface area contributed by atoms with Crippen molar-refractivity contribution >= 4 is 38.7 Å². The summed E-state index contributed by atoms with van der Waals surface area (Å²) in [5.74, 6) is -1.46. The lowest BCUT2D eigenvalue weighted by molar-refractivity contribution is -0.112. The molecule has 0 atom stereocenters. The molecule has 9 nitrogen and oxygen atoms in total. The number of ketones is 1. The number of aromatic nitrogens is 1. The maximum atomic E-state index is 14.3. The minimum atomic E-state index is -3.71. The molecule has 0 aliphatic rings. The SMILES string of the molecule is CCC(=O)C(=N)c1c(N)cc(-c2cc(F)c(O)cc2CC)nc1NCCc1ccc(NS(=O)(=O)c2ccccc2)cc1. The summed E-state index contributed by atoms with van der Waals surface area (Å²) in [7, 11) is -3.71. The zero-order valence-electron chi connectivity index (χ0n) is 23.2. The van der Waals surface area contributed by atoms with E-state index in [-0.39, 0.29) is 34.1 Å². The topological polar surface area (TPSA) is 158 Å². The number of nitrogen functional groups attached to an aromatic ring is 1. The van der Waals surface area contributed by atoms with Crippen molar-refractivity contribution in [3.63, 3.8) is 0 Å². The van der Waals surface area contributed by atoms with Crippen LogP contribution >= 0.6 is 0 Å². The Morgan fingerprint density at radius 1 is 1.05 bits per heavy atom. The van der Waals surface area contributed by atoms with E-state index in [0.717, 1.165) is 5.56 Å². The molecular weight excluding hydrogens is 557 g/mol. The van der Waals surface area contributed by atoms with E-state index in [1.807, 2.05) is 6.92 Å². The molecule has 0 amide bonds. The maximum Gasteiger partial charge on any atom is 0.261 e. The number of nitrogens with one attached hydrogen (secondary N) is 3. The number of halogens is 1. The van der Waals surface area contributed by atoms with Gasteiger partial charge < -0.3 is 16.2 Å². The van der Waals surface area contributed by atoms with E-state index in [4.69, 9.17) is 11.1 Å². The third kappa shape index (κ3) is 6.74. The summed E-state index contributed by atoms with van der Waals surface area (Å²) in [4.78, 5) is 17.2. The van der Waals surface area contributed by atoms with Crippen LogP contribution in [0.25, 0.3) is 11.3 Å². The molecule has 0 unspecified atom stereocenters. The normalized spacial score (nSPS) is 11.2. The summed E-state index contributed by atoms with van der Waals surface area (Å²) in [6, 6.07) is 19.0. The first-order valence-corrected chi connectivity index (χ1v) is 14.9. The van der Waals surface area contributed by atoms with Crippen molar-refractivity contribution in [2.24, 2.45) is 0 Å². The van der Waals surface area contributed by atoms with Gasteiger partial charge in [-0.1, -0.05) is 44.2 Å². The Hall–Kier alpha value is -4.77. The number of pyridine rings is 1. The molecule has 0 bridgehead atoms. The van der Waals surface area contributed by atoms with Gasteiger partial charge in [0, 0.05) is 29.9 Å². The molecule has 6 N–H and O–H groups in total. The monoisotopic (exact) mass is 589 g/mol. The summed E-state index contributed by atoms with van der Waals surface area (Å²) in [6.45, 7) is 3.86. The van der Waals surface area contributed by atoms with E-state index in [0.29, 0.717) is 41.9 Å². The Kier molecular flexibility index (Phi) is 9.21. The van der Waals surface area contributed by atoms with Crippen LogP contribution in [0, 0.1) is 11.2 Å². The van der Waals surface area contributed by atoms with Gasteiger partial charge in [0.05, 0.1) is 16.2 Å². The van der Waals surface area contributed by atoms with Crippen molar-refractivity contribution in [1.82, 2.24) is 4.98 Å². The molecule has 11 heteroatoms. The van der Waals surface area contributed by atoms with E-state index >= 15 is 0 Å². The number of aromatic hydroxyl groups is 1. The number of phenols is 1. The van der Waals surface area contributed by atoms with Gasteiger partial charge in [-0.2, -0.15) is 0 Å². The average molecular weight is 590 g/mol. The molecule has 3 aromatic carbocycles. The predicted molar refractivity (Wildman–Crippen MR) is 163 cm³/mol. The highest BCUT2D eigenvalue weighted by molar-refractivity contribution is 7.92. The Morgan fingerprint density at radius 3 is 2.38 bits per heavy atom. The van der Waals surface area contributed by atoms with Crippen LogP contribution in [0.4, 0.5) is 21.6 Å². The third-order valence-corrected chi connectivity index (χ3v) is 8.09. The number of hydrogen-bond acceptors (Lipinski definition) is 8. The fraction of sp³-hybridized carbons (Fsp3) is 0.194. The van der Waals surface area contributed by atoms with Gasteiger partial charge in [0.25, 0.3) is 10.0 Å². The lowest BCUT2D eigenvalue weighted by Crippen LogP contribution is -2.19. The molecule has 1 heterocycles. The van der Waals surface area contributed by atoms with Crippen molar-refractivity contribution in [2.75, 3.05) is 22.3 Å². The maximum absolute atomic E-state index is 14.3. The molecular formula is C31H32FN5O4S. The average Bonchev–Trinajstić information content (AvgIpc) is 2.98. The van der Waals surface area contributed by atoms with Crippen LogP contribution in [0.5, 0.6) is 5.75 Å². The number of Topliss-reactive ketones (excluding diaryl/α,β-unsaturated/α-hetero) is 1. The summed E-state index contributed by atoms with van der Waals surface area (Å²) < 4.78 is 42.0. The van der Waals surface area contributed by atoms with Crippen LogP contribution < -0.4 is 15.8 Å². The molecule has 0 saturated heterocycles. The zero-order chi connectivity index (χ0) is 30.4. The molecule has 0 saturated carbocycles. The first-order valence-electron chi connectivity index (χ1n) is 13.4. The van der Waals surface area contributed by atoms with E-state index in [2.05, 4.69) is 15.0 Å². The van der Waals surface area contributed by atoms with Crippen LogP contribution in [-0.2, 0) is 27.7 Å². The largest absolute Gasteiger partial charge is 0.505 e. The standard InChI is InChI=1S/C31H32FN5O4S/c1-3-20-16-28(39)24(32)17-23(20)26-18-25(33)29(30(34)27(38)4-2)31(36-26)35-15-14-19-10-12-21(13-11-19)37-42(40,41)22-8-6-5-7-9-22/h5-13,16-18,34,37,39H,3-4,14-15H2,1-2H3,(H3,33,35,36). The van der Waals surface area contributed by atoms with Crippen molar-refractivity contribution in [3.8, 4) is 17.0 Å². The smallest absolute Gasteiger partial charge is 0.261 e. The molecule has 1 aromatic heterocycles. The Balaban J connectivity index is 1.57. The Labute approximate surface area is 244 Å². The lowest BCUT2D eigenvalue weighted by atomic mass is 9.98. The zero-order valence-corrected chi connectivity index (χ0v) is 24.1. The van der Waals surface area contributed by atoms with Gasteiger partial charge in [-0.15, -0.1) is 0 Å². The van der Waals surface area contributed by atoms with Crippen molar-refractivity contribution in [1.29, 1.82) is 5.41 Å². The number of anilines is 3. The lowest BCUT2D eigenvalue weighted by Gasteiger charge is -2.17. The second kappa shape index (κ2) is 12.8. The molecule has 4 rings (SSSR count). The van der Waals surface area contributed by atoms with Gasteiger partial charge in [0.2, 0.25) is 0 Å². The third-order valence-electron chi connectivity index (χ3n) is 6.70. The van der Waals surface area contributed by atoms with Gasteiger partial charge in [0.1, 0.15) is 11.5 Å². The highest BCUT2D eigenvalue weighted by Crippen LogP contribution is 2.33. The summed E-state index contributed by atoms with van der Waals surface area (Å²) in [5, 5.41) is 21.4. The number of phenolic OH excluding ortho intramolecular Hbond substituents is 1. The number of hydrogen-bond donors (Lipinski definition) is 5. The summed E-state index contributed by atoms with van der Waals surface area (Å²) in [5.41, 5.74) is 9.09. The van der Waals surface area contributed by atoms with Crippen LogP contribution in [0.3, 0.4) is 0 Å². The van der Waals surface area contributed by atoms with E-state index in [9.17, 15) is 22.7 Å². The number of sulfonamides is 1. The van der Waals surface area contributed by atoms with E-state index in [1.54, 1.807) is 49.4 Å². The number of rotatable bonds is 12. The highest BCUT2D eigenvalue weighted by atomic mass is 32.2. The number of carbonyl (C=O) groups excluding carboxylic acids is 1. The van der Waals surface area contributed by atoms with Crippen LogP contribution in [0.2, 0.25) is 0 Å². The number of nitrogens with two attached hydrogens (primary N) is 1. The van der Waals surface area contributed by atoms with Crippen LogP contribution in [-0.4, -0.2) is 36.5 Å². The fourth-order valence-electron chi connectivity index (χ4n) is 4.42. The van der Waals surface area contributed by atoms with E-state index in [1.165, 1.54) is 30.3 Å².